The number of carbonyl (C=O) groups excluding carboxylic acids is 1. The first-order valence-corrected chi connectivity index (χ1v) is 3.50. The van der Waals surface area contributed by atoms with Crippen molar-refractivity contribution in [1.29, 1.82) is 0 Å². The molecule has 1 aliphatic heterocycles. The molecule has 0 aromatic heterocycles. The van der Waals surface area contributed by atoms with E-state index in [-0.39, 0.29) is 5.78 Å². The van der Waals surface area contributed by atoms with Gasteiger partial charge < -0.3 is 5.32 Å². The molecule has 0 saturated carbocycles. The first kappa shape index (κ1) is 6.42. The molecule has 1 aliphatic carbocycles. The number of rotatable bonds is 0. The van der Waals surface area contributed by atoms with Gasteiger partial charge in [-0.2, -0.15) is 0 Å². The number of ketones is 1. The summed E-state index contributed by atoms with van der Waals surface area (Å²) >= 11 is 4.79. The van der Waals surface area contributed by atoms with E-state index in [2.05, 4.69) is 10.3 Å². The van der Waals surface area contributed by atoms with E-state index in [0.29, 0.717) is 10.8 Å². The fourth-order valence-electron chi connectivity index (χ4n) is 0.965. The highest BCUT2D eigenvalue weighted by atomic mass is 32.1. The molecule has 0 saturated heterocycles. The van der Waals surface area contributed by atoms with E-state index in [1.807, 2.05) is 0 Å². The van der Waals surface area contributed by atoms with Crippen LogP contribution in [0.5, 0.6) is 0 Å². The molecule has 0 aromatic rings. The molecular formula is C7H4N2OS. The van der Waals surface area contributed by atoms with E-state index in [4.69, 9.17) is 12.2 Å². The fourth-order valence-corrected chi connectivity index (χ4v) is 1.17. The lowest BCUT2D eigenvalue weighted by Gasteiger charge is -2.00. The SMILES string of the molecule is O=C1C=CC2=NC(=S)NC2=C1. The molecule has 0 amide bonds. The van der Waals surface area contributed by atoms with Crippen molar-refractivity contribution in [3.8, 4) is 0 Å². The molecule has 2 rings (SSSR count). The Kier molecular flexibility index (Phi) is 1.22. The second-order valence-electron chi connectivity index (χ2n) is 2.22. The molecule has 1 N–H and O–H groups in total. The number of aliphatic imine (C=N–C) groups is 1. The van der Waals surface area contributed by atoms with E-state index >= 15 is 0 Å². The Morgan fingerprint density at radius 3 is 3.09 bits per heavy atom. The summed E-state index contributed by atoms with van der Waals surface area (Å²) in [5, 5.41) is 3.22. The number of nitrogens with zero attached hydrogens (tertiary/aromatic N) is 1. The lowest BCUT2D eigenvalue weighted by molar-refractivity contribution is -0.110. The molecule has 11 heavy (non-hydrogen) atoms. The van der Waals surface area contributed by atoms with Crippen molar-refractivity contribution >= 4 is 28.8 Å². The third-order valence-corrected chi connectivity index (χ3v) is 1.62. The average molecular weight is 164 g/mol. The van der Waals surface area contributed by atoms with Gasteiger partial charge in [0.2, 0.25) is 0 Å². The Morgan fingerprint density at radius 1 is 1.45 bits per heavy atom. The molecular weight excluding hydrogens is 160 g/mol. The van der Waals surface area contributed by atoms with Gasteiger partial charge >= 0.3 is 0 Å². The first-order chi connectivity index (χ1) is 5.25. The number of fused-ring (bicyclic) bond motifs is 1. The quantitative estimate of drug-likeness (QED) is 0.414. The van der Waals surface area contributed by atoms with Gasteiger partial charge in [0.05, 0.1) is 11.4 Å². The molecule has 0 aromatic carbocycles. The first-order valence-electron chi connectivity index (χ1n) is 3.09. The Balaban J connectivity index is 2.47. The van der Waals surface area contributed by atoms with Crippen LogP contribution >= 0.6 is 12.2 Å². The summed E-state index contributed by atoms with van der Waals surface area (Å²) in [6.45, 7) is 0. The average Bonchev–Trinajstić information content (AvgIpc) is 2.27. The summed E-state index contributed by atoms with van der Waals surface area (Å²) in [7, 11) is 0. The Bertz CT molecular complexity index is 338. The number of hydrogen-bond donors (Lipinski definition) is 1. The lowest BCUT2D eigenvalue weighted by atomic mass is 10.1. The van der Waals surface area contributed by atoms with Gasteiger partial charge in [-0.3, -0.25) is 4.79 Å². The topological polar surface area (TPSA) is 41.5 Å². The van der Waals surface area contributed by atoms with Crippen molar-refractivity contribution in [3.05, 3.63) is 23.9 Å². The Hall–Kier alpha value is -1.29. The van der Waals surface area contributed by atoms with Gasteiger partial charge in [-0.1, -0.05) is 0 Å². The molecule has 54 valence electrons. The van der Waals surface area contributed by atoms with E-state index in [9.17, 15) is 4.79 Å². The van der Waals surface area contributed by atoms with Crippen LogP contribution in [0.1, 0.15) is 0 Å². The fraction of sp³-hybridized carbons (Fsp3) is 0. The summed E-state index contributed by atoms with van der Waals surface area (Å²) in [5.74, 6) is -0.0313. The van der Waals surface area contributed by atoms with Crippen LogP contribution in [0.4, 0.5) is 0 Å². The van der Waals surface area contributed by atoms with Crippen molar-refractivity contribution in [1.82, 2.24) is 5.32 Å². The van der Waals surface area contributed by atoms with Crippen LogP contribution < -0.4 is 5.32 Å². The van der Waals surface area contributed by atoms with Gasteiger partial charge in [-0.15, -0.1) is 0 Å². The number of nitrogens with one attached hydrogen (secondary N) is 1. The maximum atomic E-state index is 10.8. The lowest BCUT2D eigenvalue weighted by Crippen LogP contribution is -2.16. The van der Waals surface area contributed by atoms with E-state index < -0.39 is 0 Å². The molecule has 0 fully saturated rings. The molecule has 0 unspecified atom stereocenters. The van der Waals surface area contributed by atoms with Gasteiger partial charge in [0.15, 0.2) is 10.9 Å². The highest BCUT2D eigenvalue weighted by Gasteiger charge is 2.17. The molecule has 0 bridgehead atoms. The van der Waals surface area contributed by atoms with Gasteiger partial charge in [-0.25, -0.2) is 4.99 Å². The van der Waals surface area contributed by atoms with E-state index in [1.54, 1.807) is 6.08 Å². The summed E-state index contributed by atoms with van der Waals surface area (Å²) in [4.78, 5) is 14.8. The monoisotopic (exact) mass is 164 g/mol. The van der Waals surface area contributed by atoms with Crippen LogP contribution in [0.3, 0.4) is 0 Å². The highest BCUT2D eigenvalue weighted by Crippen LogP contribution is 2.09. The normalized spacial score (nSPS) is 20.7. The number of allylic oxidation sites excluding steroid dienone is 3. The van der Waals surface area contributed by atoms with Gasteiger partial charge in [-0.05, 0) is 24.4 Å². The van der Waals surface area contributed by atoms with E-state index in [1.165, 1.54) is 12.2 Å². The molecule has 0 radical (unpaired) electrons. The van der Waals surface area contributed by atoms with Gasteiger partial charge in [0.25, 0.3) is 0 Å². The van der Waals surface area contributed by atoms with Gasteiger partial charge in [0, 0.05) is 6.08 Å². The zero-order chi connectivity index (χ0) is 7.84. The van der Waals surface area contributed by atoms with Crippen LogP contribution in [-0.2, 0) is 4.79 Å². The third kappa shape index (κ3) is 1.01. The minimum Gasteiger partial charge on any atom is -0.329 e. The molecule has 1 heterocycles. The second-order valence-corrected chi connectivity index (χ2v) is 2.61. The van der Waals surface area contributed by atoms with Crippen LogP contribution in [0, 0.1) is 0 Å². The zero-order valence-electron chi connectivity index (χ0n) is 5.50. The van der Waals surface area contributed by atoms with Gasteiger partial charge in [0.1, 0.15) is 0 Å². The van der Waals surface area contributed by atoms with Crippen molar-refractivity contribution in [2.45, 2.75) is 0 Å². The van der Waals surface area contributed by atoms with Crippen molar-refractivity contribution in [2.24, 2.45) is 4.99 Å². The Labute approximate surface area is 68.5 Å². The Morgan fingerprint density at radius 2 is 2.27 bits per heavy atom. The van der Waals surface area contributed by atoms with Crippen LogP contribution in [0.2, 0.25) is 0 Å². The standard InChI is InChI=1S/C7H4N2OS/c10-4-1-2-5-6(3-4)9-7(11)8-5/h1-3H,(H,9,11). The van der Waals surface area contributed by atoms with E-state index in [0.717, 1.165) is 5.71 Å². The minimum atomic E-state index is -0.0313. The second kappa shape index (κ2) is 2.10. The zero-order valence-corrected chi connectivity index (χ0v) is 6.31. The summed E-state index contributed by atoms with van der Waals surface area (Å²) in [6.07, 6.45) is 4.61. The summed E-state index contributed by atoms with van der Waals surface area (Å²) in [6, 6.07) is 0. The third-order valence-electron chi connectivity index (χ3n) is 1.43. The largest absolute Gasteiger partial charge is 0.329 e. The van der Waals surface area contributed by atoms with Crippen LogP contribution in [0.25, 0.3) is 0 Å². The highest BCUT2D eigenvalue weighted by molar-refractivity contribution is 7.80. The molecule has 4 heteroatoms. The number of hydrogen-bond acceptors (Lipinski definition) is 2. The molecule has 3 nitrogen and oxygen atoms in total. The maximum Gasteiger partial charge on any atom is 0.197 e. The van der Waals surface area contributed by atoms with Crippen molar-refractivity contribution < 1.29 is 4.79 Å². The van der Waals surface area contributed by atoms with Crippen molar-refractivity contribution in [2.75, 3.05) is 0 Å². The van der Waals surface area contributed by atoms with Crippen LogP contribution in [-0.4, -0.2) is 16.6 Å². The van der Waals surface area contributed by atoms with Crippen LogP contribution in [0.15, 0.2) is 28.9 Å². The predicted octanol–water partition coefficient (Wildman–Crippen LogP) is 0.338. The maximum absolute atomic E-state index is 10.8. The minimum absolute atomic E-state index is 0.0313. The molecule has 0 spiro atoms. The molecule has 0 atom stereocenters. The van der Waals surface area contributed by atoms with Crippen molar-refractivity contribution in [3.63, 3.8) is 0 Å². The molecule has 2 aliphatic rings. The number of thiocarbonyl (C=S) groups is 1. The number of carbonyl (C=O) groups is 1. The smallest absolute Gasteiger partial charge is 0.197 e. The predicted molar refractivity (Wildman–Crippen MR) is 45.4 cm³/mol. The summed E-state index contributed by atoms with van der Waals surface area (Å²) in [5.41, 5.74) is 1.46. The summed E-state index contributed by atoms with van der Waals surface area (Å²) < 4.78 is 0.